The number of nitrogens with one attached hydrogen (secondary N) is 2. The van der Waals surface area contributed by atoms with Crippen molar-refractivity contribution in [3.05, 3.63) is 70.8 Å². The van der Waals surface area contributed by atoms with E-state index in [9.17, 15) is 14.0 Å². The number of carbonyl (C=O) groups excluding carboxylic acids is 2. The highest BCUT2D eigenvalue weighted by molar-refractivity contribution is 7.99. The van der Waals surface area contributed by atoms with Gasteiger partial charge < -0.3 is 15.2 Å². The highest BCUT2D eigenvalue weighted by Gasteiger charge is 2.19. The Morgan fingerprint density at radius 1 is 1.20 bits per heavy atom. The molecule has 7 nitrogen and oxygen atoms in total. The Labute approximate surface area is 182 Å². The third-order valence-electron chi connectivity index (χ3n) is 4.15. The monoisotopic (exact) mass is 447 g/mol. The average Bonchev–Trinajstić information content (AvgIpc) is 3.07. The van der Waals surface area contributed by atoms with Gasteiger partial charge in [0.2, 0.25) is 5.91 Å². The molecule has 0 aliphatic carbocycles. The average molecular weight is 448 g/mol. The molecule has 0 aliphatic heterocycles. The van der Waals surface area contributed by atoms with E-state index in [1.54, 1.807) is 48.9 Å². The number of thioether (sulfide) groups is 1. The number of anilines is 1. The smallest absolute Gasteiger partial charge is 0.251 e. The summed E-state index contributed by atoms with van der Waals surface area (Å²) in [7, 11) is 1.76. The van der Waals surface area contributed by atoms with Gasteiger partial charge in [0.1, 0.15) is 5.82 Å². The number of hydrogen-bond acceptors (Lipinski definition) is 5. The lowest BCUT2D eigenvalue weighted by Gasteiger charge is -2.13. The number of rotatable bonds is 7. The molecule has 1 atom stereocenters. The molecule has 3 rings (SSSR count). The molecule has 2 amide bonds. The van der Waals surface area contributed by atoms with E-state index in [2.05, 4.69) is 20.8 Å². The molecule has 1 aromatic heterocycles. The Morgan fingerprint density at radius 3 is 2.63 bits per heavy atom. The van der Waals surface area contributed by atoms with Gasteiger partial charge in [0.05, 0.1) is 11.8 Å². The molecule has 0 fully saturated rings. The maximum Gasteiger partial charge on any atom is 0.251 e. The lowest BCUT2D eigenvalue weighted by atomic mass is 10.2. The number of nitrogens with zero attached hydrogens (tertiary/aromatic N) is 3. The molecule has 30 heavy (non-hydrogen) atoms. The van der Waals surface area contributed by atoms with Crippen molar-refractivity contribution in [2.75, 3.05) is 11.1 Å². The molecule has 0 aliphatic rings. The van der Waals surface area contributed by atoms with E-state index in [0.29, 0.717) is 27.3 Å². The van der Waals surface area contributed by atoms with Crippen LogP contribution in [-0.2, 0) is 11.8 Å². The van der Waals surface area contributed by atoms with Crippen LogP contribution in [0.25, 0.3) is 0 Å². The maximum atomic E-state index is 13.2. The normalized spacial score (nSPS) is 11.7. The predicted molar refractivity (Wildman–Crippen MR) is 114 cm³/mol. The number of halogens is 2. The van der Waals surface area contributed by atoms with E-state index in [0.717, 1.165) is 0 Å². The molecule has 3 aromatic rings. The molecule has 0 saturated carbocycles. The second-order valence-electron chi connectivity index (χ2n) is 6.45. The zero-order valence-corrected chi connectivity index (χ0v) is 17.8. The van der Waals surface area contributed by atoms with Crippen LogP contribution in [0.5, 0.6) is 0 Å². The van der Waals surface area contributed by atoms with Gasteiger partial charge in [-0.3, -0.25) is 9.59 Å². The number of hydrogen-bond donors (Lipinski definition) is 2. The molecule has 0 saturated heterocycles. The topological polar surface area (TPSA) is 88.9 Å². The fraction of sp³-hybridized carbons (Fsp3) is 0.200. The molecule has 2 N–H and O–H groups in total. The molecule has 0 spiro atoms. The van der Waals surface area contributed by atoms with Crippen molar-refractivity contribution in [1.82, 2.24) is 20.1 Å². The molecule has 0 bridgehead atoms. The standard InChI is InChI=1S/C20H19ClFN5O2S/c1-12(23-19(29)13-6-8-14(21)9-7-13)18-25-26-20(27(18)2)30-11-17(28)24-16-5-3-4-15(22)10-16/h3-10,12H,11H2,1-2H3,(H,23,29)(H,24,28)/t12-/m0/s1. The first-order valence-corrected chi connectivity index (χ1v) is 10.3. The fourth-order valence-electron chi connectivity index (χ4n) is 2.67. The summed E-state index contributed by atoms with van der Waals surface area (Å²) in [6, 6.07) is 11.8. The number of aromatic nitrogens is 3. The largest absolute Gasteiger partial charge is 0.342 e. The van der Waals surface area contributed by atoms with E-state index < -0.39 is 11.9 Å². The summed E-state index contributed by atoms with van der Waals surface area (Å²) in [6.45, 7) is 1.79. The summed E-state index contributed by atoms with van der Waals surface area (Å²) in [6.07, 6.45) is 0. The first-order valence-electron chi connectivity index (χ1n) is 8.97. The minimum Gasteiger partial charge on any atom is -0.342 e. The summed E-state index contributed by atoms with van der Waals surface area (Å²) in [5.74, 6) is -0.350. The van der Waals surface area contributed by atoms with Gasteiger partial charge in [0.15, 0.2) is 11.0 Å². The van der Waals surface area contributed by atoms with Crippen LogP contribution in [0.1, 0.15) is 29.1 Å². The van der Waals surface area contributed by atoms with Gasteiger partial charge in [-0.25, -0.2) is 4.39 Å². The van der Waals surface area contributed by atoms with E-state index in [4.69, 9.17) is 11.6 Å². The minimum atomic E-state index is -0.423. The highest BCUT2D eigenvalue weighted by atomic mass is 35.5. The van der Waals surface area contributed by atoms with Gasteiger partial charge in [0.25, 0.3) is 5.91 Å². The number of amides is 2. The van der Waals surface area contributed by atoms with Gasteiger partial charge >= 0.3 is 0 Å². The van der Waals surface area contributed by atoms with Crippen molar-refractivity contribution < 1.29 is 14.0 Å². The van der Waals surface area contributed by atoms with Crippen LogP contribution in [-0.4, -0.2) is 32.3 Å². The molecule has 1 heterocycles. The van der Waals surface area contributed by atoms with Crippen molar-refractivity contribution in [3.63, 3.8) is 0 Å². The molecule has 156 valence electrons. The van der Waals surface area contributed by atoms with E-state index in [1.165, 1.54) is 30.0 Å². The van der Waals surface area contributed by atoms with Gasteiger partial charge in [-0.05, 0) is 49.4 Å². The summed E-state index contributed by atoms with van der Waals surface area (Å²) in [5.41, 5.74) is 0.870. The fourth-order valence-corrected chi connectivity index (χ4v) is 3.51. The Bertz CT molecular complexity index is 1060. The Hall–Kier alpha value is -2.91. The SMILES string of the molecule is C[C@H](NC(=O)c1ccc(Cl)cc1)c1nnc(SCC(=O)Nc2cccc(F)c2)n1C. The third-order valence-corrected chi connectivity index (χ3v) is 5.42. The van der Waals surface area contributed by atoms with Crippen molar-refractivity contribution in [1.29, 1.82) is 0 Å². The van der Waals surface area contributed by atoms with E-state index in [-0.39, 0.29) is 17.6 Å². The Morgan fingerprint density at radius 2 is 1.93 bits per heavy atom. The highest BCUT2D eigenvalue weighted by Crippen LogP contribution is 2.20. The summed E-state index contributed by atoms with van der Waals surface area (Å²) in [4.78, 5) is 24.5. The van der Waals surface area contributed by atoms with Crippen LogP contribution < -0.4 is 10.6 Å². The van der Waals surface area contributed by atoms with Crippen molar-refractivity contribution in [3.8, 4) is 0 Å². The molecule has 0 unspecified atom stereocenters. The zero-order chi connectivity index (χ0) is 21.7. The van der Waals surface area contributed by atoms with E-state index in [1.807, 2.05) is 0 Å². The second-order valence-corrected chi connectivity index (χ2v) is 7.83. The summed E-state index contributed by atoms with van der Waals surface area (Å²) in [5, 5.41) is 14.8. The second kappa shape index (κ2) is 9.73. The predicted octanol–water partition coefficient (Wildman–Crippen LogP) is 3.83. The van der Waals surface area contributed by atoms with Crippen molar-refractivity contribution in [2.24, 2.45) is 7.05 Å². The van der Waals surface area contributed by atoms with Gasteiger partial charge in [-0.1, -0.05) is 29.4 Å². The summed E-state index contributed by atoms with van der Waals surface area (Å²) >= 11 is 7.03. The van der Waals surface area contributed by atoms with Crippen LogP contribution >= 0.6 is 23.4 Å². The van der Waals surface area contributed by atoms with Gasteiger partial charge in [-0.2, -0.15) is 0 Å². The Balaban J connectivity index is 1.57. The van der Waals surface area contributed by atoms with Crippen LogP contribution in [0.15, 0.2) is 53.7 Å². The zero-order valence-electron chi connectivity index (χ0n) is 16.2. The number of benzene rings is 2. The Kier molecular flexibility index (Phi) is 7.07. The molecular weight excluding hydrogens is 429 g/mol. The summed E-state index contributed by atoms with van der Waals surface area (Å²) < 4.78 is 14.9. The quantitative estimate of drug-likeness (QED) is 0.537. The van der Waals surface area contributed by atoms with Gasteiger partial charge in [-0.15, -0.1) is 10.2 Å². The molecular formula is C20H19ClFN5O2S. The van der Waals surface area contributed by atoms with Crippen LogP contribution in [0.2, 0.25) is 5.02 Å². The van der Waals surface area contributed by atoms with Crippen LogP contribution in [0, 0.1) is 5.82 Å². The lowest BCUT2D eigenvalue weighted by Crippen LogP contribution is -2.28. The minimum absolute atomic E-state index is 0.0774. The lowest BCUT2D eigenvalue weighted by molar-refractivity contribution is -0.113. The first-order chi connectivity index (χ1) is 14.3. The van der Waals surface area contributed by atoms with Crippen LogP contribution in [0.3, 0.4) is 0 Å². The third kappa shape index (κ3) is 5.58. The first kappa shape index (κ1) is 21.8. The van der Waals surface area contributed by atoms with Gasteiger partial charge in [0, 0.05) is 23.3 Å². The van der Waals surface area contributed by atoms with E-state index >= 15 is 0 Å². The van der Waals surface area contributed by atoms with Crippen molar-refractivity contribution >= 4 is 40.9 Å². The maximum absolute atomic E-state index is 13.2. The van der Waals surface area contributed by atoms with Crippen molar-refractivity contribution in [2.45, 2.75) is 18.1 Å². The molecule has 0 radical (unpaired) electrons. The molecule has 2 aromatic carbocycles. The van der Waals surface area contributed by atoms with Crippen LogP contribution in [0.4, 0.5) is 10.1 Å². The molecule has 10 heteroatoms. The number of carbonyl (C=O) groups is 2.